The van der Waals surface area contributed by atoms with E-state index < -0.39 is 0 Å². The maximum Gasteiger partial charge on any atom is 0.239 e. The standard InChI is InChI=1S/C23H25N5OS/c1-15-5-9-18(10-6-15)13-24-20(29)14-27(4)23-25-22-21(30-23)17(3)26-28(22)19-11-7-16(2)8-12-19/h5-12H,13-14H2,1-4H3,(H,24,29). The van der Waals surface area contributed by atoms with Crippen molar-refractivity contribution in [2.45, 2.75) is 27.3 Å². The van der Waals surface area contributed by atoms with Gasteiger partial charge in [0.15, 0.2) is 10.8 Å². The molecule has 1 N–H and O–H groups in total. The van der Waals surface area contributed by atoms with Crippen LogP contribution in [0.2, 0.25) is 0 Å². The first-order valence-corrected chi connectivity index (χ1v) is 10.7. The Kier molecular flexibility index (Phi) is 5.55. The third-order valence-electron chi connectivity index (χ3n) is 4.97. The molecule has 6 nitrogen and oxygen atoms in total. The van der Waals surface area contributed by atoms with E-state index in [0.29, 0.717) is 6.54 Å². The fourth-order valence-electron chi connectivity index (χ4n) is 3.20. The second-order valence-electron chi connectivity index (χ2n) is 7.60. The number of rotatable bonds is 6. The van der Waals surface area contributed by atoms with Gasteiger partial charge in [0.05, 0.1) is 22.6 Å². The van der Waals surface area contributed by atoms with Crippen LogP contribution >= 0.6 is 11.3 Å². The minimum atomic E-state index is -0.0331. The first kappa shape index (κ1) is 20.1. The van der Waals surface area contributed by atoms with Gasteiger partial charge in [0.1, 0.15) is 0 Å². The predicted octanol–water partition coefficient (Wildman–Crippen LogP) is 4.16. The fraction of sp³-hybridized carbons (Fsp3) is 0.261. The number of hydrogen-bond acceptors (Lipinski definition) is 5. The molecule has 4 aromatic rings. The molecule has 2 heterocycles. The average Bonchev–Trinajstić information content (AvgIpc) is 3.29. The zero-order valence-corrected chi connectivity index (χ0v) is 18.5. The van der Waals surface area contributed by atoms with Gasteiger partial charge < -0.3 is 10.2 Å². The lowest BCUT2D eigenvalue weighted by atomic mass is 10.1. The Hall–Kier alpha value is -3.19. The molecule has 0 fully saturated rings. The Morgan fingerprint density at radius 3 is 2.33 bits per heavy atom. The van der Waals surface area contributed by atoms with Crippen molar-refractivity contribution in [3.05, 3.63) is 70.9 Å². The van der Waals surface area contributed by atoms with Crippen molar-refractivity contribution in [1.82, 2.24) is 20.1 Å². The second-order valence-corrected chi connectivity index (χ2v) is 8.58. The van der Waals surface area contributed by atoms with E-state index >= 15 is 0 Å². The molecule has 0 radical (unpaired) electrons. The van der Waals surface area contributed by atoms with Crippen molar-refractivity contribution in [1.29, 1.82) is 0 Å². The Labute approximate surface area is 180 Å². The molecule has 154 valence electrons. The highest BCUT2D eigenvalue weighted by Crippen LogP contribution is 2.32. The number of benzene rings is 2. The number of carbonyl (C=O) groups excluding carboxylic acids is 1. The molecule has 30 heavy (non-hydrogen) atoms. The molecule has 2 aromatic heterocycles. The molecular formula is C23H25N5OS. The molecule has 0 aliphatic heterocycles. The summed E-state index contributed by atoms with van der Waals surface area (Å²) in [5, 5.41) is 8.43. The molecule has 0 saturated heterocycles. The topological polar surface area (TPSA) is 63.1 Å². The Morgan fingerprint density at radius 2 is 1.67 bits per heavy atom. The molecule has 0 aliphatic rings. The number of aryl methyl sites for hydroxylation is 3. The Balaban J connectivity index is 1.47. The highest BCUT2D eigenvalue weighted by Gasteiger charge is 2.18. The second kappa shape index (κ2) is 8.28. The summed E-state index contributed by atoms with van der Waals surface area (Å²) in [5.41, 5.74) is 6.24. The van der Waals surface area contributed by atoms with Gasteiger partial charge in [0.25, 0.3) is 0 Å². The van der Waals surface area contributed by atoms with Crippen LogP contribution in [-0.2, 0) is 11.3 Å². The Bertz CT molecular complexity index is 1180. The van der Waals surface area contributed by atoms with Crippen molar-refractivity contribution in [2.75, 3.05) is 18.5 Å². The van der Waals surface area contributed by atoms with E-state index in [1.807, 2.05) is 47.8 Å². The molecule has 4 rings (SSSR count). The summed E-state index contributed by atoms with van der Waals surface area (Å²) in [7, 11) is 1.89. The van der Waals surface area contributed by atoms with E-state index in [1.54, 1.807) is 11.3 Å². The van der Waals surface area contributed by atoms with Crippen LogP contribution in [0.5, 0.6) is 0 Å². The van der Waals surface area contributed by atoms with Gasteiger partial charge in [-0.3, -0.25) is 4.79 Å². The lowest BCUT2D eigenvalue weighted by molar-refractivity contribution is -0.119. The van der Waals surface area contributed by atoms with E-state index in [4.69, 9.17) is 4.98 Å². The smallest absolute Gasteiger partial charge is 0.239 e. The number of carbonyl (C=O) groups is 1. The minimum Gasteiger partial charge on any atom is -0.350 e. The van der Waals surface area contributed by atoms with Crippen LogP contribution in [0.15, 0.2) is 48.5 Å². The van der Waals surface area contributed by atoms with Crippen molar-refractivity contribution in [3.63, 3.8) is 0 Å². The fourth-order valence-corrected chi connectivity index (χ4v) is 4.14. The van der Waals surface area contributed by atoms with E-state index in [-0.39, 0.29) is 12.5 Å². The van der Waals surface area contributed by atoms with Gasteiger partial charge in [-0.05, 0) is 38.5 Å². The SMILES string of the molecule is Cc1ccc(CNC(=O)CN(C)c2nc3c(s2)c(C)nn3-c2ccc(C)cc2)cc1. The van der Waals surface area contributed by atoms with Crippen molar-refractivity contribution < 1.29 is 4.79 Å². The number of thiazole rings is 1. The van der Waals surface area contributed by atoms with Crippen LogP contribution in [0.3, 0.4) is 0 Å². The molecule has 0 spiro atoms. The minimum absolute atomic E-state index is 0.0331. The average molecular weight is 420 g/mol. The van der Waals surface area contributed by atoms with Gasteiger partial charge in [-0.15, -0.1) is 0 Å². The third-order valence-corrected chi connectivity index (χ3v) is 6.24. The summed E-state index contributed by atoms with van der Waals surface area (Å²) in [6, 6.07) is 16.4. The van der Waals surface area contributed by atoms with Crippen LogP contribution < -0.4 is 10.2 Å². The lowest BCUT2D eigenvalue weighted by Crippen LogP contribution is -2.34. The summed E-state index contributed by atoms with van der Waals surface area (Å²) in [6.07, 6.45) is 0. The quantitative estimate of drug-likeness (QED) is 0.510. The summed E-state index contributed by atoms with van der Waals surface area (Å²) >= 11 is 1.56. The van der Waals surface area contributed by atoms with Crippen molar-refractivity contribution in [3.8, 4) is 5.69 Å². The molecule has 2 aromatic carbocycles. The number of nitrogens with zero attached hydrogens (tertiary/aromatic N) is 4. The van der Waals surface area contributed by atoms with Gasteiger partial charge in [-0.1, -0.05) is 58.9 Å². The van der Waals surface area contributed by atoms with Gasteiger partial charge in [0, 0.05) is 13.6 Å². The monoisotopic (exact) mass is 419 g/mol. The highest BCUT2D eigenvalue weighted by molar-refractivity contribution is 7.22. The van der Waals surface area contributed by atoms with E-state index in [1.165, 1.54) is 11.1 Å². The maximum atomic E-state index is 12.4. The Morgan fingerprint density at radius 1 is 1.03 bits per heavy atom. The number of hydrogen-bond donors (Lipinski definition) is 1. The highest BCUT2D eigenvalue weighted by atomic mass is 32.1. The van der Waals surface area contributed by atoms with E-state index in [0.717, 1.165) is 32.4 Å². The largest absolute Gasteiger partial charge is 0.350 e. The summed E-state index contributed by atoms with van der Waals surface area (Å²) in [4.78, 5) is 19.1. The first-order valence-electron chi connectivity index (χ1n) is 9.87. The lowest BCUT2D eigenvalue weighted by Gasteiger charge is -2.15. The molecule has 7 heteroatoms. The van der Waals surface area contributed by atoms with Gasteiger partial charge in [0.2, 0.25) is 5.91 Å². The van der Waals surface area contributed by atoms with Gasteiger partial charge in [-0.25, -0.2) is 4.68 Å². The zero-order valence-electron chi connectivity index (χ0n) is 17.6. The summed E-state index contributed by atoms with van der Waals surface area (Å²) in [5.74, 6) is -0.0331. The number of aromatic nitrogens is 3. The normalized spacial score (nSPS) is 11.1. The molecule has 0 unspecified atom stereocenters. The molecule has 0 saturated carbocycles. The van der Waals surface area contributed by atoms with Crippen LogP contribution in [0.4, 0.5) is 5.13 Å². The molecular weight excluding hydrogens is 394 g/mol. The third kappa shape index (κ3) is 4.21. The molecule has 0 atom stereocenters. The van der Waals surface area contributed by atoms with Crippen LogP contribution in [0.1, 0.15) is 22.4 Å². The van der Waals surface area contributed by atoms with Gasteiger partial charge in [-0.2, -0.15) is 10.1 Å². The number of fused-ring (bicyclic) bond motifs is 1. The van der Waals surface area contributed by atoms with Gasteiger partial charge >= 0.3 is 0 Å². The zero-order chi connectivity index (χ0) is 21.3. The predicted molar refractivity (Wildman–Crippen MR) is 123 cm³/mol. The van der Waals surface area contributed by atoms with Crippen LogP contribution in [-0.4, -0.2) is 34.3 Å². The number of amides is 1. The van der Waals surface area contributed by atoms with Crippen molar-refractivity contribution in [2.24, 2.45) is 0 Å². The number of anilines is 1. The van der Waals surface area contributed by atoms with E-state index in [9.17, 15) is 4.79 Å². The van der Waals surface area contributed by atoms with Crippen LogP contribution in [0.25, 0.3) is 16.0 Å². The first-order chi connectivity index (χ1) is 14.4. The molecule has 0 aliphatic carbocycles. The van der Waals surface area contributed by atoms with E-state index in [2.05, 4.69) is 48.5 Å². The number of nitrogens with one attached hydrogen (secondary N) is 1. The summed E-state index contributed by atoms with van der Waals surface area (Å²) < 4.78 is 2.91. The van der Waals surface area contributed by atoms with Crippen molar-refractivity contribution >= 4 is 32.7 Å². The molecule has 1 amide bonds. The number of likely N-dealkylation sites (N-methyl/N-ethyl adjacent to an activating group) is 1. The summed E-state index contributed by atoms with van der Waals surface area (Å²) in [6.45, 7) is 6.87. The van der Waals surface area contributed by atoms with Crippen LogP contribution in [0, 0.1) is 20.8 Å². The maximum absolute atomic E-state index is 12.4. The molecule has 0 bridgehead atoms.